The van der Waals surface area contributed by atoms with E-state index in [4.69, 9.17) is 4.42 Å². The van der Waals surface area contributed by atoms with Crippen molar-refractivity contribution in [2.24, 2.45) is 5.92 Å². The normalized spacial score (nSPS) is 23.6. The predicted molar refractivity (Wildman–Crippen MR) is 73.1 cm³/mol. The van der Waals surface area contributed by atoms with E-state index in [-0.39, 0.29) is 11.7 Å². The summed E-state index contributed by atoms with van der Waals surface area (Å²) in [6, 6.07) is 6.18. The molecule has 3 rings (SSSR count). The summed E-state index contributed by atoms with van der Waals surface area (Å²) in [5.41, 5.74) is 0.620. The van der Waals surface area contributed by atoms with Gasteiger partial charge in [0.1, 0.15) is 17.2 Å². The second-order valence-corrected chi connectivity index (χ2v) is 5.52. The van der Waals surface area contributed by atoms with Gasteiger partial charge in [-0.25, -0.2) is 4.39 Å². The summed E-state index contributed by atoms with van der Waals surface area (Å²) in [6.45, 7) is 0. The van der Waals surface area contributed by atoms with E-state index in [1.54, 1.807) is 12.1 Å². The molecule has 0 spiro atoms. The first-order valence-electron chi connectivity index (χ1n) is 7.07. The van der Waals surface area contributed by atoms with Gasteiger partial charge in [0.2, 0.25) is 0 Å². The molecule has 2 unspecified atom stereocenters. The number of hydrogen-bond acceptors (Lipinski definition) is 2. The largest absolute Gasteiger partial charge is 0.481 e. The molecule has 4 heteroatoms. The molecule has 1 aromatic carbocycles. The Morgan fingerprint density at radius 3 is 2.80 bits per heavy atom. The molecule has 2 atom stereocenters. The molecule has 0 bridgehead atoms. The number of hydrogen-bond donors (Lipinski definition) is 1. The van der Waals surface area contributed by atoms with Crippen LogP contribution < -0.4 is 0 Å². The highest BCUT2D eigenvalue weighted by molar-refractivity contribution is 5.78. The van der Waals surface area contributed by atoms with E-state index >= 15 is 0 Å². The number of furan rings is 1. The van der Waals surface area contributed by atoms with Gasteiger partial charge in [0.25, 0.3) is 0 Å². The van der Waals surface area contributed by atoms with Gasteiger partial charge in [-0.05, 0) is 37.1 Å². The molecule has 1 saturated carbocycles. The van der Waals surface area contributed by atoms with Crippen molar-refractivity contribution in [2.45, 2.75) is 38.0 Å². The molecule has 0 amide bonds. The molecule has 0 aliphatic heterocycles. The van der Waals surface area contributed by atoms with Gasteiger partial charge in [-0.3, -0.25) is 4.79 Å². The van der Waals surface area contributed by atoms with Crippen LogP contribution in [0.5, 0.6) is 0 Å². The van der Waals surface area contributed by atoms with Crippen LogP contribution >= 0.6 is 0 Å². The van der Waals surface area contributed by atoms with Crippen molar-refractivity contribution in [2.75, 3.05) is 0 Å². The standard InChI is InChI=1S/C16H17FO3/c17-11-6-7-14-10(8-11)9-15(20-14)12-4-2-1-3-5-13(12)16(18)19/h6-9,12-13H,1-5H2,(H,18,19). The van der Waals surface area contributed by atoms with Crippen LogP contribution in [0, 0.1) is 11.7 Å². The van der Waals surface area contributed by atoms with Crippen LogP contribution in [-0.4, -0.2) is 11.1 Å². The summed E-state index contributed by atoms with van der Waals surface area (Å²) in [7, 11) is 0. The molecule has 1 fully saturated rings. The Morgan fingerprint density at radius 1 is 1.20 bits per heavy atom. The number of fused-ring (bicyclic) bond motifs is 1. The lowest BCUT2D eigenvalue weighted by Gasteiger charge is -2.19. The minimum Gasteiger partial charge on any atom is -0.481 e. The van der Waals surface area contributed by atoms with Gasteiger partial charge in [0.05, 0.1) is 5.92 Å². The Hall–Kier alpha value is -1.84. The first kappa shape index (κ1) is 13.2. The van der Waals surface area contributed by atoms with Crippen LogP contribution in [0.25, 0.3) is 11.0 Å². The summed E-state index contributed by atoms with van der Waals surface area (Å²) < 4.78 is 19.0. The van der Waals surface area contributed by atoms with E-state index in [2.05, 4.69) is 0 Å². The van der Waals surface area contributed by atoms with Crippen LogP contribution in [-0.2, 0) is 4.79 Å². The highest BCUT2D eigenvalue weighted by atomic mass is 19.1. The maximum absolute atomic E-state index is 13.2. The van der Waals surface area contributed by atoms with Gasteiger partial charge in [-0.2, -0.15) is 0 Å². The van der Waals surface area contributed by atoms with Gasteiger partial charge in [-0.15, -0.1) is 0 Å². The minimum atomic E-state index is -0.761. The van der Waals surface area contributed by atoms with Crippen molar-refractivity contribution >= 4 is 16.9 Å². The number of rotatable bonds is 2. The van der Waals surface area contributed by atoms with Crippen molar-refractivity contribution < 1.29 is 18.7 Å². The van der Waals surface area contributed by atoms with E-state index < -0.39 is 11.9 Å². The average Bonchev–Trinajstić information content (AvgIpc) is 2.66. The lowest BCUT2D eigenvalue weighted by atomic mass is 9.86. The Kier molecular flexibility index (Phi) is 3.47. The third kappa shape index (κ3) is 2.42. The highest BCUT2D eigenvalue weighted by Crippen LogP contribution is 2.39. The third-order valence-electron chi connectivity index (χ3n) is 4.20. The summed E-state index contributed by atoms with van der Waals surface area (Å²) >= 11 is 0. The number of benzene rings is 1. The predicted octanol–water partition coefficient (Wildman–Crippen LogP) is 4.32. The Bertz CT molecular complexity index is 632. The van der Waals surface area contributed by atoms with E-state index in [1.807, 2.05) is 0 Å². The smallest absolute Gasteiger partial charge is 0.307 e. The lowest BCUT2D eigenvalue weighted by molar-refractivity contribution is -0.143. The monoisotopic (exact) mass is 276 g/mol. The number of halogens is 1. The molecule has 1 aliphatic rings. The second-order valence-electron chi connectivity index (χ2n) is 5.52. The molecule has 1 aliphatic carbocycles. The van der Waals surface area contributed by atoms with Crippen molar-refractivity contribution in [3.05, 3.63) is 35.8 Å². The minimum absolute atomic E-state index is 0.106. The van der Waals surface area contributed by atoms with Crippen LogP contribution in [0.3, 0.4) is 0 Å². The van der Waals surface area contributed by atoms with Crippen molar-refractivity contribution in [3.63, 3.8) is 0 Å². The first-order chi connectivity index (χ1) is 9.65. The topological polar surface area (TPSA) is 50.4 Å². The second kappa shape index (κ2) is 5.27. The third-order valence-corrected chi connectivity index (χ3v) is 4.20. The number of aliphatic carboxylic acids is 1. The number of carboxylic acids is 1. The molecular formula is C16H17FO3. The van der Waals surface area contributed by atoms with Gasteiger partial charge < -0.3 is 9.52 Å². The quantitative estimate of drug-likeness (QED) is 0.831. The van der Waals surface area contributed by atoms with Gasteiger partial charge >= 0.3 is 5.97 Å². The van der Waals surface area contributed by atoms with Gasteiger partial charge in [0, 0.05) is 11.3 Å². The van der Waals surface area contributed by atoms with E-state index in [1.165, 1.54) is 12.1 Å². The molecule has 1 heterocycles. The van der Waals surface area contributed by atoms with Crippen molar-refractivity contribution in [1.82, 2.24) is 0 Å². The Balaban J connectivity index is 2.00. The zero-order chi connectivity index (χ0) is 14.1. The fourth-order valence-electron chi connectivity index (χ4n) is 3.16. The molecule has 3 nitrogen and oxygen atoms in total. The summed E-state index contributed by atoms with van der Waals surface area (Å²) in [4.78, 5) is 11.5. The van der Waals surface area contributed by atoms with E-state index in [9.17, 15) is 14.3 Å². The van der Waals surface area contributed by atoms with Crippen molar-refractivity contribution in [1.29, 1.82) is 0 Å². The van der Waals surface area contributed by atoms with E-state index in [0.29, 0.717) is 23.2 Å². The zero-order valence-corrected chi connectivity index (χ0v) is 11.1. The molecular weight excluding hydrogens is 259 g/mol. The first-order valence-corrected chi connectivity index (χ1v) is 7.07. The summed E-state index contributed by atoms with van der Waals surface area (Å²) in [6.07, 6.45) is 4.53. The summed E-state index contributed by atoms with van der Waals surface area (Å²) in [5, 5.41) is 10.1. The maximum atomic E-state index is 13.2. The van der Waals surface area contributed by atoms with Crippen LogP contribution in [0.1, 0.15) is 43.8 Å². The molecule has 0 radical (unpaired) electrons. The fourth-order valence-corrected chi connectivity index (χ4v) is 3.16. The molecule has 2 aromatic rings. The number of carboxylic acid groups (broad SMARTS) is 1. The Morgan fingerprint density at radius 2 is 2.00 bits per heavy atom. The van der Waals surface area contributed by atoms with Crippen LogP contribution in [0.2, 0.25) is 0 Å². The molecule has 1 aromatic heterocycles. The van der Waals surface area contributed by atoms with Gasteiger partial charge in [-0.1, -0.05) is 19.3 Å². The average molecular weight is 276 g/mol. The number of carbonyl (C=O) groups is 1. The van der Waals surface area contributed by atoms with Crippen LogP contribution in [0.15, 0.2) is 28.7 Å². The molecule has 106 valence electrons. The Labute approximate surface area is 116 Å². The fraction of sp³-hybridized carbons (Fsp3) is 0.438. The van der Waals surface area contributed by atoms with Gasteiger partial charge in [0.15, 0.2) is 0 Å². The van der Waals surface area contributed by atoms with Crippen LogP contribution in [0.4, 0.5) is 4.39 Å². The lowest BCUT2D eigenvalue weighted by Crippen LogP contribution is -2.20. The molecule has 0 saturated heterocycles. The summed E-state index contributed by atoms with van der Waals surface area (Å²) in [5.74, 6) is -0.891. The molecule has 1 N–H and O–H groups in total. The highest BCUT2D eigenvalue weighted by Gasteiger charge is 2.32. The molecule has 20 heavy (non-hydrogen) atoms. The maximum Gasteiger partial charge on any atom is 0.307 e. The SMILES string of the molecule is O=C(O)C1CCCCCC1c1cc2cc(F)ccc2o1. The zero-order valence-electron chi connectivity index (χ0n) is 11.1. The van der Waals surface area contributed by atoms with E-state index in [0.717, 1.165) is 25.7 Å². The van der Waals surface area contributed by atoms with Crippen molar-refractivity contribution in [3.8, 4) is 0 Å².